The van der Waals surface area contributed by atoms with Crippen molar-refractivity contribution in [2.24, 2.45) is 0 Å². The molecular weight excluding hydrogens is 280 g/mol. The Morgan fingerprint density at radius 3 is 2.60 bits per heavy atom. The number of sulfone groups is 1. The molecule has 0 radical (unpaired) electrons. The standard InChI is InChI=1S/C13H20N2O4S/c1-3-4-5-9-14-13(17)15-12-10(16)7-6-8-11(12)20(2,18)19/h6-8,16H,3-5,9H2,1-2H3,(H2,14,15,17). The van der Waals surface area contributed by atoms with Crippen molar-refractivity contribution in [1.29, 1.82) is 0 Å². The van der Waals surface area contributed by atoms with Crippen LogP contribution in [0.25, 0.3) is 0 Å². The fourth-order valence-electron chi connectivity index (χ4n) is 1.69. The van der Waals surface area contributed by atoms with Crippen LogP contribution in [0.4, 0.5) is 10.5 Å². The molecule has 0 aliphatic carbocycles. The highest BCUT2D eigenvalue weighted by Gasteiger charge is 2.18. The normalized spacial score (nSPS) is 11.1. The van der Waals surface area contributed by atoms with Crippen LogP contribution in [0, 0.1) is 0 Å². The first-order chi connectivity index (χ1) is 9.36. The molecule has 0 atom stereocenters. The number of carbonyl (C=O) groups is 1. The highest BCUT2D eigenvalue weighted by atomic mass is 32.2. The predicted octanol–water partition coefficient (Wildman–Crippen LogP) is 2.11. The number of aromatic hydroxyl groups is 1. The fourth-order valence-corrected chi connectivity index (χ4v) is 2.54. The van der Waals surface area contributed by atoms with E-state index < -0.39 is 15.9 Å². The van der Waals surface area contributed by atoms with Crippen molar-refractivity contribution in [2.75, 3.05) is 18.1 Å². The molecule has 0 bridgehead atoms. The molecular formula is C13H20N2O4S. The highest BCUT2D eigenvalue weighted by molar-refractivity contribution is 7.90. The fraction of sp³-hybridized carbons (Fsp3) is 0.462. The molecule has 1 aromatic rings. The molecule has 0 saturated carbocycles. The first-order valence-electron chi connectivity index (χ1n) is 6.43. The number of rotatable bonds is 6. The first-order valence-corrected chi connectivity index (χ1v) is 8.32. The monoisotopic (exact) mass is 300 g/mol. The minimum atomic E-state index is -3.53. The van der Waals surface area contributed by atoms with Crippen molar-refractivity contribution in [3.05, 3.63) is 18.2 Å². The first kappa shape index (κ1) is 16.3. The third-order valence-corrected chi connectivity index (χ3v) is 3.85. The summed E-state index contributed by atoms with van der Waals surface area (Å²) in [5.41, 5.74) is -0.0945. The maximum Gasteiger partial charge on any atom is 0.319 e. The van der Waals surface area contributed by atoms with Crippen molar-refractivity contribution in [3.8, 4) is 5.75 Å². The van der Waals surface area contributed by atoms with Gasteiger partial charge >= 0.3 is 6.03 Å². The van der Waals surface area contributed by atoms with Gasteiger partial charge in [-0.3, -0.25) is 0 Å². The van der Waals surface area contributed by atoms with Crippen molar-refractivity contribution in [2.45, 2.75) is 31.1 Å². The summed E-state index contributed by atoms with van der Waals surface area (Å²) in [5, 5.41) is 14.7. The second-order valence-electron chi connectivity index (χ2n) is 4.51. The second-order valence-corrected chi connectivity index (χ2v) is 6.49. The summed E-state index contributed by atoms with van der Waals surface area (Å²) in [6.45, 7) is 2.56. The molecule has 2 amide bonds. The van der Waals surface area contributed by atoms with Crippen LogP contribution in [0.15, 0.2) is 23.1 Å². The lowest BCUT2D eigenvalue weighted by molar-refractivity contribution is 0.251. The van der Waals surface area contributed by atoms with Crippen LogP contribution in [-0.2, 0) is 9.84 Å². The number of carbonyl (C=O) groups excluding carboxylic acids is 1. The maximum atomic E-state index is 11.7. The molecule has 0 heterocycles. The molecule has 20 heavy (non-hydrogen) atoms. The molecule has 0 aliphatic heterocycles. The van der Waals surface area contributed by atoms with Gasteiger partial charge < -0.3 is 15.7 Å². The van der Waals surface area contributed by atoms with Crippen molar-refractivity contribution >= 4 is 21.6 Å². The zero-order valence-electron chi connectivity index (χ0n) is 11.6. The molecule has 0 fully saturated rings. The summed E-state index contributed by atoms with van der Waals surface area (Å²) in [5.74, 6) is -0.281. The number of anilines is 1. The van der Waals surface area contributed by atoms with Gasteiger partial charge in [0.2, 0.25) is 0 Å². The van der Waals surface area contributed by atoms with E-state index in [0.717, 1.165) is 25.5 Å². The molecule has 1 aromatic carbocycles. The summed E-state index contributed by atoms with van der Waals surface area (Å²) >= 11 is 0. The molecule has 0 aromatic heterocycles. The molecule has 6 nitrogen and oxygen atoms in total. The molecule has 1 rings (SSSR count). The Kier molecular flexibility index (Phi) is 5.82. The molecule has 7 heteroatoms. The van der Waals surface area contributed by atoms with Gasteiger partial charge in [0.25, 0.3) is 0 Å². The molecule has 0 spiro atoms. The Balaban J connectivity index is 2.79. The van der Waals surface area contributed by atoms with Crippen LogP contribution in [0.5, 0.6) is 5.75 Å². The minimum absolute atomic E-state index is 0.0945. The Morgan fingerprint density at radius 2 is 2.00 bits per heavy atom. The summed E-state index contributed by atoms with van der Waals surface area (Å²) < 4.78 is 23.2. The van der Waals surface area contributed by atoms with E-state index in [2.05, 4.69) is 17.6 Å². The molecule has 0 saturated heterocycles. The second kappa shape index (κ2) is 7.14. The van der Waals surface area contributed by atoms with E-state index in [1.165, 1.54) is 18.2 Å². The van der Waals surface area contributed by atoms with Crippen LogP contribution in [0.3, 0.4) is 0 Å². The van der Waals surface area contributed by atoms with E-state index in [1.54, 1.807) is 0 Å². The number of hydrogen-bond donors (Lipinski definition) is 3. The molecule has 0 unspecified atom stereocenters. The highest BCUT2D eigenvalue weighted by Crippen LogP contribution is 2.30. The third-order valence-electron chi connectivity index (χ3n) is 2.71. The zero-order chi connectivity index (χ0) is 15.2. The topological polar surface area (TPSA) is 95.5 Å². The van der Waals surface area contributed by atoms with Crippen molar-refractivity contribution in [3.63, 3.8) is 0 Å². The lowest BCUT2D eigenvalue weighted by atomic mass is 10.2. The zero-order valence-corrected chi connectivity index (χ0v) is 12.5. The van der Waals surface area contributed by atoms with Crippen LogP contribution < -0.4 is 10.6 Å². The van der Waals surface area contributed by atoms with E-state index >= 15 is 0 Å². The molecule has 3 N–H and O–H groups in total. The van der Waals surface area contributed by atoms with Gasteiger partial charge in [0.05, 0.1) is 4.90 Å². The van der Waals surface area contributed by atoms with Gasteiger partial charge in [0.1, 0.15) is 11.4 Å². The number of phenolic OH excluding ortho intramolecular Hbond substituents is 1. The Labute approximate surface area is 119 Å². The number of para-hydroxylation sites is 1. The summed E-state index contributed by atoms with van der Waals surface area (Å²) in [7, 11) is -3.53. The van der Waals surface area contributed by atoms with Gasteiger partial charge in [-0.2, -0.15) is 0 Å². The summed E-state index contributed by atoms with van der Waals surface area (Å²) in [4.78, 5) is 11.6. The Bertz CT molecular complexity index is 570. The van der Waals surface area contributed by atoms with Crippen LogP contribution in [0.2, 0.25) is 0 Å². The van der Waals surface area contributed by atoms with Gasteiger partial charge in [-0.15, -0.1) is 0 Å². The number of urea groups is 1. The van der Waals surface area contributed by atoms with Crippen LogP contribution in [0.1, 0.15) is 26.2 Å². The van der Waals surface area contributed by atoms with Gasteiger partial charge in [-0.1, -0.05) is 25.8 Å². The smallest absolute Gasteiger partial charge is 0.319 e. The van der Waals surface area contributed by atoms with Gasteiger partial charge in [0, 0.05) is 12.8 Å². The van der Waals surface area contributed by atoms with E-state index in [9.17, 15) is 18.3 Å². The minimum Gasteiger partial charge on any atom is -0.506 e. The molecule has 0 aliphatic rings. The number of nitrogens with one attached hydrogen (secondary N) is 2. The van der Waals surface area contributed by atoms with E-state index in [1.807, 2.05) is 0 Å². The molecule has 112 valence electrons. The number of benzene rings is 1. The van der Waals surface area contributed by atoms with Crippen molar-refractivity contribution in [1.82, 2.24) is 5.32 Å². The van der Waals surface area contributed by atoms with E-state index in [-0.39, 0.29) is 16.3 Å². The maximum absolute atomic E-state index is 11.7. The van der Waals surface area contributed by atoms with Gasteiger partial charge in [-0.25, -0.2) is 13.2 Å². The van der Waals surface area contributed by atoms with Crippen LogP contribution in [-0.4, -0.2) is 32.4 Å². The average Bonchev–Trinajstić information content (AvgIpc) is 2.36. The lowest BCUT2D eigenvalue weighted by Gasteiger charge is -2.12. The number of hydrogen-bond acceptors (Lipinski definition) is 4. The summed E-state index contributed by atoms with van der Waals surface area (Å²) in [6, 6.07) is 3.53. The quantitative estimate of drug-likeness (QED) is 0.554. The van der Waals surface area contributed by atoms with Crippen LogP contribution >= 0.6 is 0 Å². The summed E-state index contributed by atoms with van der Waals surface area (Å²) in [6.07, 6.45) is 3.92. The average molecular weight is 300 g/mol. The van der Waals surface area contributed by atoms with Gasteiger partial charge in [-0.05, 0) is 18.6 Å². The number of phenols is 1. The largest absolute Gasteiger partial charge is 0.506 e. The van der Waals surface area contributed by atoms with E-state index in [0.29, 0.717) is 6.54 Å². The Hall–Kier alpha value is -1.76. The Morgan fingerprint density at radius 1 is 1.30 bits per heavy atom. The lowest BCUT2D eigenvalue weighted by Crippen LogP contribution is -2.30. The van der Waals surface area contributed by atoms with Crippen molar-refractivity contribution < 1.29 is 18.3 Å². The predicted molar refractivity (Wildman–Crippen MR) is 77.8 cm³/mol. The SMILES string of the molecule is CCCCCNC(=O)Nc1c(O)cccc1S(C)(=O)=O. The van der Waals surface area contributed by atoms with Gasteiger partial charge in [0.15, 0.2) is 9.84 Å². The number of unbranched alkanes of at least 4 members (excludes halogenated alkanes) is 2. The van der Waals surface area contributed by atoms with E-state index in [4.69, 9.17) is 0 Å². The third kappa shape index (κ3) is 4.73. The number of amides is 2.